The Morgan fingerprint density at radius 3 is 2.63 bits per heavy atom. The minimum absolute atomic E-state index is 0. The van der Waals surface area contributed by atoms with Crippen LogP contribution < -0.4 is 16.4 Å². The molecule has 6 nitrogen and oxygen atoms in total. The van der Waals surface area contributed by atoms with Gasteiger partial charge in [0.15, 0.2) is 5.96 Å². The van der Waals surface area contributed by atoms with Crippen LogP contribution in [0.2, 0.25) is 0 Å². The zero-order valence-corrected chi connectivity index (χ0v) is 20.7. The van der Waals surface area contributed by atoms with Crippen molar-refractivity contribution in [2.45, 2.75) is 52.5 Å². The number of nitrogens with two attached hydrogens (primary N) is 1. The van der Waals surface area contributed by atoms with Gasteiger partial charge in [0.25, 0.3) is 0 Å². The Bertz CT molecular complexity index is 692. The van der Waals surface area contributed by atoms with E-state index in [1.54, 1.807) is 19.1 Å². The van der Waals surface area contributed by atoms with Crippen LogP contribution in [0, 0.1) is 18.7 Å². The van der Waals surface area contributed by atoms with Gasteiger partial charge in [-0.2, -0.15) is 0 Å². The quantitative estimate of drug-likeness (QED) is 0.197. The Balaban J connectivity index is 0.00000450. The third-order valence-electron chi connectivity index (χ3n) is 5.54. The Hall–Kier alpha value is -1.42. The number of likely N-dealkylation sites (tertiary alicyclic amines) is 1. The zero-order chi connectivity index (χ0) is 21.2. The fourth-order valence-electron chi connectivity index (χ4n) is 3.57. The smallest absolute Gasteiger partial charge is 0.220 e. The standard InChI is InChI=1S/C22H36FN5O.HI/c1-4-25-22(27-17(3)19-8-7-16(2)20(23)15-19)26-11-5-6-12-28-13-9-18(10-14-28)21(24)29;/h7-8,15,17-18H,4-6,9-14H2,1-3H3,(H2,24,29)(H2,25,26,27);1H. The Morgan fingerprint density at radius 1 is 1.33 bits per heavy atom. The number of nitrogens with zero attached hydrogens (tertiary/aromatic N) is 2. The first-order valence-corrected chi connectivity index (χ1v) is 10.7. The number of nitrogens with one attached hydrogen (secondary N) is 2. The van der Waals surface area contributed by atoms with Gasteiger partial charge in [0, 0.05) is 19.0 Å². The van der Waals surface area contributed by atoms with E-state index < -0.39 is 0 Å². The summed E-state index contributed by atoms with van der Waals surface area (Å²) >= 11 is 0. The second-order valence-electron chi connectivity index (χ2n) is 7.86. The molecule has 0 bridgehead atoms. The van der Waals surface area contributed by atoms with Gasteiger partial charge in [-0.1, -0.05) is 12.1 Å². The maximum absolute atomic E-state index is 13.8. The summed E-state index contributed by atoms with van der Waals surface area (Å²) in [6, 6.07) is 5.30. The van der Waals surface area contributed by atoms with Gasteiger partial charge in [-0.15, -0.1) is 24.0 Å². The van der Waals surface area contributed by atoms with Crippen LogP contribution in [-0.2, 0) is 4.79 Å². The highest BCUT2D eigenvalue weighted by Crippen LogP contribution is 2.17. The summed E-state index contributed by atoms with van der Waals surface area (Å²) < 4.78 is 13.8. The molecule has 0 aliphatic carbocycles. The molecule has 0 aromatic heterocycles. The topological polar surface area (TPSA) is 82.8 Å². The summed E-state index contributed by atoms with van der Waals surface area (Å²) in [4.78, 5) is 18.3. The van der Waals surface area contributed by atoms with E-state index in [0.29, 0.717) is 5.56 Å². The van der Waals surface area contributed by atoms with E-state index in [1.165, 1.54) is 0 Å². The lowest BCUT2D eigenvalue weighted by Gasteiger charge is -2.30. The van der Waals surface area contributed by atoms with Crippen LogP contribution in [0.5, 0.6) is 0 Å². The van der Waals surface area contributed by atoms with Gasteiger partial charge in [-0.25, -0.2) is 4.39 Å². The van der Waals surface area contributed by atoms with E-state index in [2.05, 4.69) is 20.5 Å². The molecule has 2 rings (SSSR count). The summed E-state index contributed by atoms with van der Waals surface area (Å²) in [7, 11) is 0. The predicted octanol–water partition coefficient (Wildman–Crippen LogP) is 3.35. The van der Waals surface area contributed by atoms with Gasteiger partial charge in [-0.3, -0.25) is 9.79 Å². The highest BCUT2D eigenvalue weighted by molar-refractivity contribution is 14.0. The minimum Gasteiger partial charge on any atom is -0.369 e. The summed E-state index contributed by atoms with van der Waals surface area (Å²) in [5.74, 6) is 0.458. The maximum Gasteiger partial charge on any atom is 0.220 e. The molecule has 1 atom stereocenters. The number of aliphatic imine (C=N–C) groups is 1. The Labute approximate surface area is 197 Å². The molecule has 1 aliphatic heterocycles. The van der Waals surface area contributed by atoms with E-state index in [1.807, 2.05) is 19.9 Å². The molecule has 1 heterocycles. The lowest BCUT2D eigenvalue weighted by atomic mass is 9.96. The molecule has 1 saturated heterocycles. The summed E-state index contributed by atoms with van der Waals surface area (Å²) in [6.45, 7) is 10.2. The van der Waals surface area contributed by atoms with Gasteiger partial charge in [-0.05, 0) is 83.3 Å². The predicted molar refractivity (Wildman–Crippen MR) is 132 cm³/mol. The lowest BCUT2D eigenvalue weighted by Crippen LogP contribution is -2.39. The number of halogens is 2. The van der Waals surface area contributed by atoms with Crippen LogP contribution in [-0.4, -0.2) is 49.5 Å². The van der Waals surface area contributed by atoms with Gasteiger partial charge in [0.05, 0.1) is 6.04 Å². The van der Waals surface area contributed by atoms with Crippen molar-refractivity contribution in [3.8, 4) is 0 Å². The molecule has 1 unspecified atom stereocenters. The number of hydrogen-bond acceptors (Lipinski definition) is 3. The molecule has 8 heteroatoms. The van der Waals surface area contributed by atoms with Crippen LogP contribution in [0.4, 0.5) is 4.39 Å². The van der Waals surface area contributed by atoms with E-state index >= 15 is 0 Å². The van der Waals surface area contributed by atoms with Crippen LogP contribution >= 0.6 is 24.0 Å². The molecule has 1 aromatic carbocycles. The average molecular weight is 533 g/mol. The second kappa shape index (κ2) is 13.8. The summed E-state index contributed by atoms with van der Waals surface area (Å²) in [6.07, 6.45) is 3.82. The number of unbranched alkanes of at least 4 members (excludes halogenated alkanes) is 1. The molecule has 1 aromatic rings. The number of rotatable bonds is 9. The monoisotopic (exact) mass is 533 g/mol. The molecule has 1 aliphatic rings. The Kier molecular flexibility index (Phi) is 12.2. The molecule has 30 heavy (non-hydrogen) atoms. The van der Waals surface area contributed by atoms with E-state index in [9.17, 15) is 9.18 Å². The van der Waals surface area contributed by atoms with Gasteiger partial charge in [0.1, 0.15) is 5.82 Å². The average Bonchev–Trinajstić information content (AvgIpc) is 2.70. The van der Waals surface area contributed by atoms with E-state index in [-0.39, 0.29) is 47.7 Å². The number of guanidine groups is 1. The van der Waals surface area contributed by atoms with Crippen LogP contribution in [0.15, 0.2) is 23.2 Å². The van der Waals surface area contributed by atoms with Gasteiger partial charge in [0.2, 0.25) is 5.91 Å². The number of benzene rings is 1. The number of carbonyl (C=O) groups excluding carboxylic acids is 1. The molecule has 0 radical (unpaired) electrons. The lowest BCUT2D eigenvalue weighted by molar-refractivity contribution is -0.123. The molecule has 0 spiro atoms. The van der Waals surface area contributed by atoms with Crippen molar-refractivity contribution < 1.29 is 9.18 Å². The first-order chi connectivity index (χ1) is 13.9. The van der Waals surface area contributed by atoms with Gasteiger partial charge < -0.3 is 21.3 Å². The third-order valence-corrected chi connectivity index (χ3v) is 5.54. The fourth-order valence-corrected chi connectivity index (χ4v) is 3.57. The minimum atomic E-state index is -0.182. The SMILES string of the molecule is CCNC(=NCCCCN1CCC(C(N)=O)CC1)NC(C)c1ccc(C)c(F)c1.I. The molecular weight excluding hydrogens is 496 g/mol. The normalized spacial score (nSPS) is 16.6. The van der Waals surface area contributed by atoms with Crippen molar-refractivity contribution in [1.29, 1.82) is 0 Å². The highest BCUT2D eigenvalue weighted by Gasteiger charge is 2.22. The van der Waals surface area contributed by atoms with Crippen LogP contribution in [0.1, 0.15) is 56.7 Å². The maximum atomic E-state index is 13.8. The molecule has 4 N–H and O–H groups in total. The fraction of sp³-hybridized carbons (Fsp3) is 0.636. The first-order valence-electron chi connectivity index (χ1n) is 10.7. The van der Waals surface area contributed by atoms with Crippen molar-refractivity contribution in [1.82, 2.24) is 15.5 Å². The molecule has 170 valence electrons. The first kappa shape index (κ1) is 26.6. The van der Waals surface area contributed by atoms with E-state index in [4.69, 9.17) is 5.73 Å². The van der Waals surface area contributed by atoms with Crippen molar-refractivity contribution in [2.75, 3.05) is 32.7 Å². The number of carbonyl (C=O) groups is 1. The summed E-state index contributed by atoms with van der Waals surface area (Å²) in [5.41, 5.74) is 6.94. The summed E-state index contributed by atoms with van der Waals surface area (Å²) in [5, 5.41) is 6.61. The number of piperidine rings is 1. The van der Waals surface area contributed by atoms with Crippen LogP contribution in [0.25, 0.3) is 0 Å². The number of hydrogen-bond donors (Lipinski definition) is 3. The van der Waals surface area contributed by atoms with Crippen molar-refractivity contribution in [3.05, 3.63) is 35.1 Å². The molecule has 1 amide bonds. The van der Waals surface area contributed by atoms with Crippen LogP contribution in [0.3, 0.4) is 0 Å². The largest absolute Gasteiger partial charge is 0.369 e. The Morgan fingerprint density at radius 2 is 2.03 bits per heavy atom. The zero-order valence-electron chi connectivity index (χ0n) is 18.4. The third kappa shape index (κ3) is 8.75. The van der Waals surface area contributed by atoms with E-state index in [0.717, 1.165) is 69.9 Å². The number of amides is 1. The second-order valence-corrected chi connectivity index (χ2v) is 7.86. The highest BCUT2D eigenvalue weighted by atomic mass is 127. The van der Waals surface area contributed by atoms with Crippen molar-refractivity contribution >= 4 is 35.8 Å². The molecular formula is C22H37FIN5O. The van der Waals surface area contributed by atoms with Gasteiger partial charge >= 0.3 is 0 Å². The number of aryl methyl sites for hydroxylation is 1. The molecule has 0 saturated carbocycles. The van der Waals surface area contributed by atoms with Crippen molar-refractivity contribution in [3.63, 3.8) is 0 Å². The van der Waals surface area contributed by atoms with Crippen molar-refractivity contribution in [2.24, 2.45) is 16.6 Å². The molecule has 1 fully saturated rings. The number of primary amides is 1.